The summed E-state index contributed by atoms with van der Waals surface area (Å²) in [5.41, 5.74) is 0. The molecule has 1 radical (unpaired) electrons. The summed E-state index contributed by atoms with van der Waals surface area (Å²) in [5, 5.41) is 0. The minimum Gasteiger partial charge on any atom is -0.450 e. The van der Waals surface area contributed by atoms with E-state index < -0.39 is 0 Å². The Balaban J connectivity index is 3.00. The van der Waals surface area contributed by atoms with Gasteiger partial charge in [-0.3, -0.25) is 0 Å². The molecule has 0 aliphatic heterocycles. The highest BCUT2D eigenvalue weighted by Crippen LogP contribution is 1.70. The van der Waals surface area contributed by atoms with Crippen LogP contribution in [0.3, 0.4) is 0 Å². The zero-order valence-electron chi connectivity index (χ0n) is 4.23. The molecule has 0 aliphatic carbocycles. The molecule has 0 spiro atoms. The maximum absolute atomic E-state index is 10.1. The van der Waals surface area contributed by atoms with Gasteiger partial charge in [0.1, 0.15) is 10.4 Å². The minimum atomic E-state index is -0.360. The Morgan fingerprint density at radius 2 is 2.57 bits per heavy atom. The van der Waals surface area contributed by atoms with E-state index in [9.17, 15) is 4.79 Å². The van der Waals surface area contributed by atoms with E-state index in [4.69, 9.17) is 0 Å². The van der Waals surface area contributed by atoms with E-state index in [0.717, 1.165) is 0 Å². The largest absolute Gasteiger partial charge is 0.450 e. The number of hydrogen-bond acceptors (Lipinski definition) is 2. The second kappa shape index (κ2) is 3.67. The van der Waals surface area contributed by atoms with Gasteiger partial charge in [-0.1, -0.05) is 0 Å². The van der Waals surface area contributed by atoms with Crippen molar-refractivity contribution in [2.24, 2.45) is 0 Å². The van der Waals surface area contributed by atoms with Gasteiger partial charge in [0.2, 0.25) is 0 Å². The first kappa shape index (κ1) is 6.49. The van der Waals surface area contributed by atoms with Gasteiger partial charge in [-0.2, -0.15) is 0 Å². The zero-order valence-corrected chi connectivity index (χ0v) is 5.64. The summed E-state index contributed by atoms with van der Waals surface area (Å²) in [4.78, 5) is 12.4. The highest BCUT2D eigenvalue weighted by atomic mass is 28.2. The van der Waals surface area contributed by atoms with Crippen molar-refractivity contribution >= 4 is 16.5 Å². The summed E-state index contributed by atoms with van der Waals surface area (Å²) in [5.74, 6) is 0. The molecule has 0 fully saturated rings. The fourth-order valence-electron chi connectivity index (χ4n) is 0.182. The first-order valence-electron chi connectivity index (χ1n) is 2.01. The lowest BCUT2D eigenvalue weighted by Crippen LogP contribution is -2.20. The number of carbonyl (C=O) groups excluding carboxylic acids is 1. The lowest BCUT2D eigenvalue weighted by molar-refractivity contribution is 0.159. The number of amides is 1. The molecule has 3 nitrogen and oxygen atoms in total. The molecular weight excluding hydrogens is 110 g/mol. The smallest absolute Gasteiger partial charge is 0.398 e. The van der Waals surface area contributed by atoms with Crippen LogP contribution in [0.5, 0.6) is 0 Å². The Labute approximate surface area is 45.5 Å². The Bertz CT molecular complexity index is 66.0. The summed E-state index contributed by atoms with van der Waals surface area (Å²) < 4.78 is 4.45. The molecule has 0 unspecified atom stereocenters. The molecule has 0 heterocycles. The number of ether oxygens (including phenoxy) is 1. The Morgan fingerprint density at radius 1 is 2.00 bits per heavy atom. The van der Waals surface area contributed by atoms with E-state index in [2.05, 4.69) is 9.72 Å². The molecule has 0 rings (SSSR count). The van der Waals surface area contributed by atoms with Crippen molar-refractivity contribution in [3.8, 4) is 0 Å². The van der Waals surface area contributed by atoms with Gasteiger partial charge in [0.15, 0.2) is 0 Å². The first-order valence-corrected chi connectivity index (χ1v) is 2.71. The lowest BCUT2D eigenvalue weighted by Gasteiger charge is -1.96. The molecule has 0 aromatic heterocycles. The second-order valence-electron chi connectivity index (χ2n) is 0.897. The SMILES string of the molecule is CCOC(=O)N[SiH2]. The van der Waals surface area contributed by atoms with E-state index in [-0.39, 0.29) is 6.09 Å². The normalized spacial score (nSPS) is 7.71. The first-order chi connectivity index (χ1) is 3.31. The summed E-state index contributed by atoms with van der Waals surface area (Å²) in [6.07, 6.45) is -0.360. The number of carbonyl (C=O) groups is 1. The monoisotopic (exact) mass is 118 g/mol. The third-order valence-corrected chi connectivity index (χ3v) is 0.708. The molecule has 0 aliphatic rings. The average Bonchev–Trinajstić information content (AvgIpc) is 1.68. The van der Waals surface area contributed by atoms with Crippen molar-refractivity contribution < 1.29 is 9.53 Å². The van der Waals surface area contributed by atoms with Crippen LogP contribution in [0.1, 0.15) is 6.92 Å². The Morgan fingerprint density at radius 3 is 2.71 bits per heavy atom. The van der Waals surface area contributed by atoms with Crippen molar-refractivity contribution in [1.82, 2.24) is 4.98 Å². The molecule has 41 valence electrons. The molecular formula is C3H8NO2Si. The van der Waals surface area contributed by atoms with Crippen LogP contribution in [-0.4, -0.2) is 23.1 Å². The van der Waals surface area contributed by atoms with Gasteiger partial charge in [0.05, 0.1) is 6.61 Å². The molecule has 1 amide bonds. The van der Waals surface area contributed by atoms with Gasteiger partial charge in [-0.15, -0.1) is 0 Å². The standard InChI is InChI=1S/C3H8NO2Si/c1-2-6-3(5)4-7/h2,7H2,1H3,(H,4,5). The third kappa shape index (κ3) is 3.31. The second-order valence-corrected chi connectivity index (χ2v) is 1.25. The number of rotatable bonds is 1. The van der Waals surface area contributed by atoms with Gasteiger partial charge in [0.25, 0.3) is 0 Å². The fourth-order valence-corrected chi connectivity index (χ4v) is 0.284. The molecule has 0 aromatic carbocycles. The summed E-state index contributed by atoms with van der Waals surface area (Å²) in [6.45, 7) is 2.20. The van der Waals surface area contributed by atoms with Crippen molar-refractivity contribution in [3.05, 3.63) is 0 Å². The van der Waals surface area contributed by atoms with Crippen LogP contribution >= 0.6 is 0 Å². The van der Waals surface area contributed by atoms with Crippen LogP contribution in [0.4, 0.5) is 4.79 Å². The summed E-state index contributed by atoms with van der Waals surface area (Å²) >= 11 is 0. The van der Waals surface area contributed by atoms with Crippen molar-refractivity contribution in [2.45, 2.75) is 6.92 Å². The quantitative estimate of drug-likeness (QED) is 0.461. The van der Waals surface area contributed by atoms with Crippen LogP contribution < -0.4 is 4.98 Å². The molecule has 4 heteroatoms. The lowest BCUT2D eigenvalue weighted by atomic mass is 10.9. The van der Waals surface area contributed by atoms with Crippen LogP contribution in [0, 0.1) is 0 Å². The van der Waals surface area contributed by atoms with E-state index in [1.165, 1.54) is 10.4 Å². The van der Waals surface area contributed by atoms with Gasteiger partial charge in [0, 0.05) is 0 Å². The molecule has 7 heavy (non-hydrogen) atoms. The van der Waals surface area contributed by atoms with Crippen molar-refractivity contribution in [1.29, 1.82) is 0 Å². The molecule has 0 saturated carbocycles. The van der Waals surface area contributed by atoms with E-state index in [1.807, 2.05) is 0 Å². The minimum absolute atomic E-state index is 0.360. The van der Waals surface area contributed by atoms with Gasteiger partial charge < -0.3 is 9.72 Å². The highest BCUT2D eigenvalue weighted by molar-refractivity contribution is 6.12. The fraction of sp³-hybridized carbons (Fsp3) is 0.667. The van der Waals surface area contributed by atoms with Crippen LogP contribution in [0.25, 0.3) is 0 Å². The third-order valence-electron chi connectivity index (χ3n) is 0.420. The summed E-state index contributed by atoms with van der Waals surface area (Å²) in [6, 6.07) is 0. The average molecular weight is 118 g/mol. The molecule has 0 saturated heterocycles. The van der Waals surface area contributed by atoms with Crippen LogP contribution in [0.15, 0.2) is 0 Å². The molecule has 0 atom stereocenters. The van der Waals surface area contributed by atoms with E-state index in [0.29, 0.717) is 6.61 Å². The predicted octanol–water partition coefficient (Wildman–Crippen LogP) is -0.719. The van der Waals surface area contributed by atoms with Crippen molar-refractivity contribution in [3.63, 3.8) is 0 Å². The van der Waals surface area contributed by atoms with Crippen LogP contribution in [0.2, 0.25) is 0 Å². The Hall–Kier alpha value is -0.513. The van der Waals surface area contributed by atoms with Gasteiger partial charge in [-0.05, 0) is 6.92 Å². The predicted molar refractivity (Wildman–Crippen MR) is 28.7 cm³/mol. The van der Waals surface area contributed by atoms with Crippen molar-refractivity contribution in [2.75, 3.05) is 6.61 Å². The van der Waals surface area contributed by atoms with Gasteiger partial charge >= 0.3 is 6.09 Å². The topological polar surface area (TPSA) is 38.3 Å². The van der Waals surface area contributed by atoms with Gasteiger partial charge in [-0.25, -0.2) is 4.79 Å². The maximum atomic E-state index is 10.1. The van der Waals surface area contributed by atoms with E-state index in [1.54, 1.807) is 6.92 Å². The summed E-state index contributed by atoms with van der Waals surface area (Å²) in [7, 11) is 1.35. The molecule has 0 aromatic rings. The number of nitrogens with one attached hydrogen (secondary N) is 1. The molecule has 0 bridgehead atoms. The highest BCUT2D eigenvalue weighted by Gasteiger charge is 1.89. The van der Waals surface area contributed by atoms with E-state index >= 15 is 0 Å². The Kier molecular flexibility index (Phi) is 3.40. The molecule has 1 N–H and O–H groups in total. The number of hydrogen-bond donors (Lipinski definition) is 1. The van der Waals surface area contributed by atoms with Crippen LogP contribution in [-0.2, 0) is 4.74 Å². The maximum Gasteiger partial charge on any atom is 0.398 e. The zero-order chi connectivity index (χ0) is 5.70.